The number of piperidine rings is 1. The maximum absolute atomic E-state index is 13.4. The summed E-state index contributed by atoms with van der Waals surface area (Å²) in [7, 11) is -2.44. The molecule has 2 aliphatic heterocycles. The van der Waals surface area contributed by atoms with Crippen LogP contribution in [-0.2, 0) is 16.6 Å². The minimum absolute atomic E-state index is 0.00634. The number of pyridine rings is 1. The Morgan fingerprint density at radius 3 is 2.45 bits per heavy atom. The Morgan fingerprint density at radius 2 is 1.68 bits per heavy atom. The molecule has 1 aromatic heterocycles. The molecule has 0 radical (unpaired) electrons. The third-order valence-electron chi connectivity index (χ3n) is 7.50. The number of hydrogen-bond donors (Lipinski definition) is 1. The third-order valence-corrected chi connectivity index (χ3v) is 8.88. The van der Waals surface area contributed by atoms with Crippen LogP contribution in [0.5, 0.6) is 5.75 Å². The molecule has 9 heteroatoms. The number of methoxy groups -OCH3 is 1. The average molecular weight is 530 g/mol. The van der Waals surface area contributed by atoms with Crippen LogP contribution in [0.2, 0.25) is 0 Å². The van der Waals surface area contributed by atoms with E-state index in [9.17, 15) is 18.0 Å². The number of likely N-dealkylation sites (tertiary alicyclic amines) is 1. The number of carbonyl (C=O) groups is 1. The zero-order chi connectivity index (χ0) is 26.4. The number of carbonyl (C=O) groups excluding carboxylic acids is 1. The Balaban J connectivity index is 1.24. The molecule has 1 saturated heterocycles. The van der Waals surface area contributed by atoms with Crippen LogP contribution in [0.25, 0.3) is 10.8 Å². The highest BCUT2D eigenvalue weighted by Gasteiger charge is 2.37. The maximum Gasteiger partial charge on any atom is 0.275 e. The number of benzene rings is 3. The Kier molecular flexibility index (Phi) is 5.95. The molecule has 0 aliphatic carbocycles. The van der Waals surface area contributed by atoms with Gasteiger partial charge in [0.1, 0.15) is 11.4 Å². The van der Waals surface area contributed by atoms with E-state index in [1.807, 2.05) is 47.4 Å². The van der Waals surface area contributed by atoms with E-state index in [1.54, 1.807) is 22.8 Å². The van der Waals surface area contributed by atoms with Gasteiger partial charge in [0.05, 0.1) is 12.0 Å². The Morgan fingerprint density at radius 1 is 0.921 bits per heavy atom. The average Bonchev–Trinajstić information content (AvgIpc) is 2.94. The number of fused-ring (bicyclic) bond motifs is 5. The molecular weight excluding hydrogens is 502 g/mol. The largest absolute Gasteiger partial charge is 0.497 e. The Labute approximate surface area is 220 Å². The lowest BCUT2D eigenvalue weighted by Gasteiger charge is -2.43. The number of ether oxygens (including phenoxy) is 1. The van der Waals surface area contributed by atoms with Crippen LogP contribution < -0.4 is 15.0 Å². The molecule has 1 N–H and O–H groups in total. The van der Waals surface area contributed by atoms with Gasteiger partial charge in [0.15, 0.2) is 0 Å². The van der Waals surface area contributed by atoms with Crippen LogP contribution in [0, 0.1) is 5.92 Å². The molecule has 2 bridgehead atoms. The van der Waals surface area contributed by atoms with Gasteiger partial charge >= 0.3 is 0 Å². The molecule has 4 aromatic rings. The summed E-state index contributed by atoms with van der Waals surface area (Å²) in [6.45, 7) is 1.50. The van der Waals surface area contributed by atoms with Crippen molar-refractivity contribution in [2.45, 2.75) is 23.8 Å². The Bertz CT molecular complexity index is 1710. The molecule has 2 aliphatic rings. The molecule has 6 rings (SSSR count). The number of nitrogens with one attached hydrogen (secondary N) is 1. The van der Waals surface area contributed by atoms with Gasteiger partial charge in [0.25, 0.3) is 21.5 Å². The van der Waals surface area contributed by atoms with Crippen molar-refractivity contribution in [2.24, 2.45) is 5.92 Å². The van der Waals surface area contributed by atoms with Gasteiger partial charge in [-0.1, -0.05) is 30.3 Å². The molecule has 2 unspecified atom stereocenters. The van der Waals surface area contributed by atoms with Crippen LogP contribution >= 0.6 is 0 Å². The van der Waals surface area contributed by atoms with Gasteiger partial charge in [0, 0.05) is 36.8 Å². The summed E-state index contributed by atoms with van der Waals surface area (Å²) in [4.78, 5) is 28.7. The Hall–Kier alpha value is -4.11. The lowest BCUT2D eigenvalue weighted by Crippen LogP contribution is -2.49. The molecule has 3 heterocycles. The van der Waals surface area contributed by atoms with Crippen LogP contribution in [0.4, 0.5) is 5.69 Å². The van der Waals surface area contributed by atoms with Crippen molar-refractivity contribution in [3.63, 3.8) is 0 Å². The van der Waals surface area contributed by atoms with Crippen LogP contribution in [0.15, 0.2) is 88.6 Å². The van der Waals surface area contributed by atoms with Crippen LogP contribution in [0.1, 0.15) is 28.4 Å². The zero-order valence-electron chi connectivity index (χ0n) is 20.8. The van der Waals surface area contributed by atoms with Gasteiger partial charge in [-0.2, -0.15) is 0 Å². The second-order valence-electron chi connectivity index (χ2n) is 9.94. The van der Waals surface area contributed by atoms with Crippen molar-refractivity contribution >= 4 is 32.4 Å². The summed E-state index contributed by atoms with van der Waals surface area (Å²) >= 11 is 0. The van der Waals surface area contributed by atoms with Gasteiger partial charge in [-0.05, 0) is 71.6 Å². The number of anilines is 1. The monoisotopic (exact) mass is 529 g/mol. The second-order valence-corrected chi connectivity index (χ2v) is 11.6. The van der Waals surface area contributed by atoms with Crippen LogP contribution in [-0.4, -0.2) is 44.0 Å². The number of aromatic nitrogens is 1. The topological polar surface area (TPSA) is 97.7 Å². The van der Waals surface area contributed by atoms with E-state index in [1.165, 1.54) is 25.3 Å². The maximum atomic E-state index is 13.4. The predicted molar refractivity (Wildman–Crippen MR) is 145 cm³/mol. The highest BCUT2D eigenvalue weighted by molar-refractivity contribution is 7.92. The smallest absolute Gasteiger partial charge is 0.275 e. The SMILES string of the molecule is COc1ccc(S(=O)(=O)Nc2ccc3n(c2=O)CC2CC3CN(C(=O)c3ccc4ccccc4c3)C2)cc1. The summed E-state index contributed by atoms with van der Waals surface area (Å²) in [5, 5.41) is 2.11. The van der Waals surface area contributed by atoms with Gasteiger partial charge in [0.2, 0.25) is 0 Å². The van der Waals surface area contributed by atoms with E-state index in [2.05, 4.69) is 4.72 Å². The van der Waals surface area contributed by atoms with Crippen molar-refractivity contribution in [1.82, 2.24) is 9.47 Å². The highest BCUT2D eigenvalue weighted by Crippen LogP contribution is 2.36. The fourth-order valence-electron chi connectivity index (χ4n) is 5.65. The van der Waals surface area contributed by atoms with Gasteiger partial charge < -0.3 is 14.2 Å². The summed E-state index contributed by atoms with van der Waals surface area (Å²) in [6.07, 6.45) is 0.887. The van der Waals surface area contributed by atoms with Gasteiger partial charge in [-0.15, -0.1) is 0 Å². The fraction of sp³-hybridized carbons (Fsp3) is 0.241. The number of hydrogen-bond acceptors (Lipinski definition) is 5. The van der Waals surface area contributed by atoms with Crippen molar-refractivity contribution in [3.05, 3.63) is 100 Å². The van der Waals surface area contributed by atoms with Crippen LogP contribution in [0.3, 0.4) is 0 Å². The molecule has 2 atom stereocenters. The molecule has 3 aromatic carbocycles. The van der Waals surface area contributed by atoms with Crippen molar-refractivity contribution < 1.29 is 17.9 Å². The first-order valence-electron chi connectivity index (χ1n) is 12.5. The van der Waals surface area contributed by atoms with E-state index in [0.717, 1.165) is 22.9 Å². The minimum atomic E-state index is -3.94. The minimum Gasteiger partial charge on any atom is -0.497 e. The summed E-state index contributed by atoms with van der Waals surface area (Å²) in [5.74, 6) is 0.645. The summed E-state index contributed by atoms with van der Waals surface area (Å²) < 4.78 is 35.0. The fourth-order valence-corrected chi connectivity index (χ4v) is 6.71. The van der Waals surface area contributed by atoms with E-state index in [4.69, 9.17) is 4.74 Å². The molecular formula is C29H27N3O5S. The van der Waals surface area contributed by atoms with Gasteiger partial charge in [-0.3, -0.25) is 14.3 Å². The normalized spacial score (nSPS) is 18.6. The molecule has 38 heavy (non-hydrogen) atoms. The quantitative estimate of drug-likeness (QED) is 0.420. The first kappa shape index (κ1) is 24.2. The molecule has 1 amide bonds. The van der Waals surface area contributed by atoms with Crippen molar-refractivity contribution in [3.8, 4) is 5.75 Å². The molecule has 0 saturated carbocycles. The first-order valence-corrected chi connectivity index (χ1v) is 14.0. The number of nitrogens with zero attached hydrogens (tertiary/aromatic N) is 2. The third kappa shape index (κ3) is 4.32. The number of rotatable bonds is 5. The lowest BCUT2D eigenvalue weighted by atomic mass is 9.83. The first-order chi connectivity index (χ1) is 18.3. The van der Waals surface area contributed by atoms with Crippen molar-refractivity contribution in [1.29, 1.82) is 0 Å². The standard InChI is InChI=1S/C29H27N3O5S/c1-37-24-8-10-25(11-9-24)38(35,36)30-26-12-13-27-23-14-19(17-32(27)29(26)34)16-31(18-23)28(33)22-7-6-20-4-2-3-5-21(20)15-22/h2-13,15,19,23,30H,14,16-18H2,1H3. The molecule has 194 valence electrons. The lowest BCUT2D eigenvalue weighted by molar-refractivity contribution is 0.0595. The van der Waals surface area contributed by atoms with E-state index in [-0.39, 0.29) is 33.9 Å². The molecule has 1 fully saturated rings. The highest BCUT2D eigenvalue weighted by atomic mass is 32.2. The predicted octanol–water partition coefficient (Wildman–Crippen LogP) is 4.07. The molecule has 8 nitrogen and oxygen atoms in total. The summed E-state index contributed by atoms with van der Waals surface area (Å²) in [5.41, 5.74) is 1.12. The number of sulfonamides is 1. The van der Waals surface area contributed by atoms with Gasteiger partial charge in [-0.25, -0.2) is 8.42 Å². The van der Waals surface area contributed by atoms with E-state index in [0.29, 0.717) is 30.9 Å². The zero-order valence-corrected chi connectivity index (χ0v) is 21.6. The van der Waals surface area contributed by atoms with E-state index >= 15 is 0 Å². The number of amides is 1. The summed E-state index contributed by atoms with van der Waals surface area (Å²) in [6, 6.07) is 23.0. The second kappa shape index (κ2) is 9.33. The van der Waals surface area contributed by atoms with Crippen molar-refractivity contribution in [2.75, 3.05) is 24.9 Å². The van der Waals surface area contributed by atoms with E-state index < -0.39 is 10.0 Å². The molecule has 0 spiro atoms.